The van der Waals surface area contributed by atoms with Gasteiger partial charge in [0, 0.05) is 24.3 Å². The molecule has 1 aromatic carbocycles. The Bertz CT molecular complexity index is 754. The minimum Gasteiger partial charge on any atom is -0.348 e. The van der Waals surface area contributed by atoms with Crippen LogP contribution in [0.15, 0.2) is 36.7 Å². The molecule has 7 heteroatoms. The highest BCUT2D eigenvalue weighted by Gasteiger charge is 2.18. The summed E-state index contributed by atoms with van der Waals surface area (Å²) in [4.78, 5) is 31.7. The number of hydrogen-bond donors (Lipinski definition) is 3. The minimum atomic E-state index is -0.182. The third-order valence-electron chi connectivity index (χ3n) is 4.03. The van der Waals surface area contributed by atoms with Crippen molar-refractivity contribution in [2.24, 2.45) is 0 Å². The summed E-state index contributed by atoms with van der Waals surface area (Å²) in [5.74, 6) is 0.213. The van der Waals surface area contributed by atoms with Crippen LogP contribution in [0.3, 0.4) is 0 Å². The number of aromatic nitrogens is 2. The molecule has 3 rings (SSSR count). The average molecular weight is 339 g/mol. The predicted octanol–water partition coefficient (Wildman–Crippen LogP) is 2.85. The topological polar surface area (TPSA) is 96.0 Å². The standard InChI is InChI=1S/C18H21N5O2/c1-12(24)21-14-7-4-8-15(9-14)22-17-11-19-16(10-20-17)18(25)23-13-5-2-3-6-13/h4,7-11,13H,2-3,5-6H2,1H3,(H,20,22)(H,21,24)(H,23,25). The number of carbonyl (C=O) groups is 2. The van der Waals surface area contributed by atoms with Crippen LogP contribution in [0.1, 0.15) is 43.1 Å². The molecule has 0 saturated heterocycles. The van der Waals surface area contributed by atoms with Gasteiger partial charge in [0.25, 0.3) is 5.91 Å². The molecular weight excluding hydrogens is 318 g/mol. The second-order valence-corrected chi connectivity index (χ2v) is 6.13. The van der Waals surface area contributed by atoms with Crippen molar-refractivity contribution < 1.29 is 9.59 Å². The molecule has 1 aliphatic rings. The van der Waals surface area contributed by atoms with Gasteiger partial charge in [0.05, 0.1) is 12.4 Å². The van der Waals surface area contributed by atoms with Crippen LogP contribution in [0.25, 0.3) is 0 Å². The van der Waals surface area contributed by atoms with Crippen LogP contribution in [0.4, 0.5) is 17.2 Å². The fourth-order valence-corrected chi connectivity index (χ4v) is 2.87. The van der Waals surface area contributed by atoms with E-state index in [-0.39, 0.29) is 17.9 Å². The maximum atomic E-state index is 12.1. The van der Waals surface area contributed by atoms with Crippen molar-refractivity contribution in [2.45, 2.75) is 38.6 Å². The highest BCUT2D eigenvalue weighted by atomic mass is 16.2. The summed E-state index contributed by atoms with van der Waals surface area (Å²) in [6.07, 6.45) is 7.37. The van der Waals surface area contributed by atoms with Crippen LogP contribution in [0, 0.1) is 0 Å². The second-order valence-electron chi connectivity index (χ2n) is 6.13. The van der Waals surface area contributed by atoms with Crippen LogP contribution in [-0.2, 0) is 4.79 Å². The summed E-state index contributed by atoms with van der Waals surface area (Å²) in [5, 5.41) is 8.81. The van der Waals surface area contributed by atoms with Gasteiger partial charge in [-0.25, -0.2) is 9.97 Å². The first-order valence-electron chi connectivity index (χ1n) is 8.38. The zero-order chi connectivity index (χ0) is 17.6. The molecule has 1 aliphatic carbocycles. The Morgan fingerprint density at radius 3 is 2.52 bits per heavy atom. The molecule has 0 bridgehead atoms. The van der Waals surface area contributed by atoms with E-state index in [2.05, 4.69) is 25.9 Å². The lowest BCUT2D eigenvalue weighted by Gasteiger charge is -2.11. The Morgan fingerprint density at radius 2 is 1.84 bits per heavy atom. The molecule has 1 fully saturated rings. The van der Waals surface area contributed by atoms with E-state index in [0.29, 0.717) is 17.2 Å². The summed E-state index contributed by atoms with van der Waals surface area (Å²) >= 11 is 0. The molecule has 0 atom stereocenters. The van der Waals surface area contributed by atoms with E-state index >= 15 is 0 Å². The summed E-state index contributed by atoms with van der Waals surface area (Å²) in [6.45, 7) is 1.46. The summed E-state index contributed by atoms with van der Waals surface area (Å²) in [7, 11) is 0. The molecule has 25 heavy (non-hydrogen) atoms. The fraction of sp³-hybridized carbons (Fsp3) is 0.333. The molecule has 1 aromatic heterocycles. The monoisotopic (exact) mass is 339 g/mol. The third kappa shape index (κ3) is 4.76. The quantitative estimate of drug-likeness (QED) is 0.778. The zero-order valence-electron chi connectivity index (χ0n) is 14.1. The number of nitrogens with zero attached hydrogens (tertiary/aromatic N) is 2. The summed E-state index contributed by atoms with van der Waals surface area (Å²) < 4.78 is 0. The summed E-state index contributed by atoms with van der Waals surface area (Å²) in [6, 6.07) is 7.53. The van der Waals surface area contributed by atoms with Gasteiger partial charge in [0.2, 0.25) is 5.91 Å². The lowest BCUT2D eigenvalue weighted by molar-refractivity contribution is -0.114. The predicted molar refractivity (Wildman–Crippen MR) is 95.8 cm³/mol. The Labute approximate surface area is 146 Å². The first-order chi connectivity index (χ1) is 12.1. The average Bonchev–Trinajstić information content (AvgIpc) is 3.08. The second kappa shape index (κ2) is 7.74. The number of anilines is 3. The number of carbonyl (C=O) groups excluding carboxylic acids is 2. The van der Waals surface area contributed by atoms with Crippen molar-refractivity contribution in [3.8, 4) is 0 Å². The SMILES string of the molecule is CC(=O)Nc1cccc(Nc2cnc(C(=O)NC3CCCC3)cn2)c1. The van der Waals surface area contributed by atoms with Crippen molar-refractivity contribution in [1.29, 1.82) is 0 Å². The molecule has 7 nitrogen and oxygen atoms in total. The van der Waals surface area contributed by atoms with Gasteiger partial charge in [-0.15, -0.1) is 0 Å². The van der Waals surface area contributed by atoms with Gasteiger partial charge in [0.1, 0.15) is 11.5 Å². The van der Waals surface area contributed by atoms with Gasteiger partial charge in [-0.1, -0.05) is 18.9 Å². The fourth-order valence-electron chi connectivity index (χ4n) is 2.87. The molecule has 1 heterocycles. The van der Waals surface area contributed by atoms with Crippen LogP contribution < -0.4 is 16.0 Å². The van der Waals surface area contributed by atoms with E-state index in [1.165, 1.54) is 19.3 Å². The highest BCUT2D eigenvalue weighted by Crippen LogP contribution is 2.19. The van der Waals surface area contributed by atoms with Crippen LogP contribution in [0.2, 0.25) is 0 Å². The zero-order valence-corrected chi connectivity index (χ0v) is 14.1. The van der Waals surface area contributed by atoms with Crippen LogP contribution >= 0.6 is 0 Å². The maximum Gasteiger partial charge on any atom is 0.271 e. The van der Waals surface area contributed by atoms with Crippen molar-refractivity contribution >= 4 is 29.0 Å². The first-order valence-corrected chi connectivity index (χ1v) is 8.38. The smallest absolute Gasteiger partial charge is 0.271 e. The number of amides is 2. The third-order valence-corrected chi connectivity index (χ3v) is 4.03. The van der Waals surface area contributed by atoms with E-state index in [1.807, 2.05) is 12.1 Å². The lowest BCUT2D eigenvalue weighted by Crippen LogP contribution is -2.33. The summed E-state index contributed by atoms with van der Waals surface area (Å²) in [5.41, 5.74) is 1.77. The Kier molecular flexibility index (Phi) is 5.23. The first kappa shape index (κ1) is 16.9. The van der Waals surface area contributed by atoms with Crippen molar-refractivity contribution in [3.63, 3.8) is 0 Å². The maximum absolute atomic E-state index is 12.1. The number of benzene rings is 1. The van der Waals surface area contributed by atoms with E-state index in [0.717, 1.165) is 31.4 Å². The van der Waals surface area contributed by atoms with E-state index in [1.54, 1.807) is 12.1 Å². The van der Waals surface area contributed by atoms with E-state index in [4.69, 9.17) is 0 Å². The van der Waals surface area contributed by atoms with Gasteiger partial charge < -0.3 is 16.0 Å². The van der Waals surface area contributed by atoms with Gasteiger partial charge in [-0.3, -0.25) is 9.59 Å². The molecule has 2 aromatic rings. The van der Waals surface area contributed by atoms with Crippen molar-refractivity contribution in [2.75, 3.05) is 10.6 Å². The lowest BCUT2D eigenvalue weighted by atomic mass is 10.2. The van der Waals surface area contributed by atoms with E-state index < -0.39 is 0 Å². The number of nitrogens with one attached hydrogen (secondary N) is 3. The molecule has 0 unspecified atom stereocenters. The Balaban J connectivity index is 1.62. The van der Waals surface area contributed by atoms with Gasteiger partial charge in [0.15, 0.2) is 0 Å². The van der Waals surface area contributed by atoms with Gasteiger partial charge >= 0.3 is 0 Å². The molecule has 130 valence electrons. The molecule has 0 radical (unpaired) electrons. The van der Waals surface area contributed by atoms with Gasteiger partial charge in [-0.2, -0.15) is 0 Å². The molecule has 0 spiro atoms. The normalized spacial score (nSPS) is 14.1. The van der Waals surface area contributed by atoms with Crippen molar-refractivity contribution in [1.82, 2.24) is 15.3 Å². The molecule has 1 saturated carbocycles. The highest BCUT2D eigenvalue weighted by molar-refractivity contribution is 5.92. The van der Waals surface area contributed by atoms with Crippen LogP contribution in [0.5, 0.6) is 0 Å². The Hall–Kier alpha value is -2.96. The minimum absolute atomic E-state index is 0.130. The molecule has 2 amide bonds. The largest absolute Gasteiger partial charge is 0.348 e. The molecule has 3 N–H and O–H groups in total. The molecular formula is C18H21N5O2. The van der Waals surface area contributed by atoms with Crippen LogP contribution in [-0.4, -0.2) is 27.8 Å². The van der Waals surface area contributed by atoms with Gasteiger partial charge in [-0.05, 0) is 31.0 Å². The molecule has 0 aliphatic heterocycles. The van der Waals surface area contributed by atoms with E-state index in [9.17, 15) is 9.59 Å². The van der Waals surface area contributed by atoms with Crippen molar-refractivity contribution in [3.05, 3.63) is 42.4 Å². The number of rotatable bonds is 5. The number of hydrogen-bond acceptors (Lipinski definition) is 5. The Morgan fingerprint density at radius 1 is 1.08 bits per heavy atom.